The Bertz CT molecular complexity index is 433. The van der Waals surface area contributed by atoms with Gasteiger partial charge in [-0.25, -0.2) is 9.78 Å². The molecular formula is C10H14N4O4. The zero-order chi connectivity index (χ0) is 13.1. The van der Waals surface area contributed by atoms with Crippen molar-refractivity contribution in [1.29, 1.82) is 0 Å². The van der Waals surface area contributed by atoms with Gasteiger partial charge in [0.1, 0.15) is 18.3 Å². The average Bonchev–Trinajstić information content (AvgIpc) is 2.98. The molecule has 0 aromatic carbocycles. The minimum Gasteiger partial charge on any atom is -0.479 e. The summed E-state index contributed by atoms with van der Waals surface area (Å²) in [4.78, 5) is 28.1. The Morgan fingerprint density at radius 2 is 2.28 bits per heavy atom. The molecule has 0 radical (unpaired) electrons. The third kappa shape index (κ3) is 2.65. The molecule has 0 spiro atoms. The van der Waals surface area contributed by atoms with E-state index in [4.69, 9.17) is 9.84 Å². The fourth-order valence-electron chi connectivity index (χ4n) is 1.86. The molecule has 2 atom stereocenters. The Hall–Kier alpha value is -1.96. The van der Waals surface area contributed by atoms with Gasteiger partial charge in [-0.3, -0.25) is 9.89 Å². The van der Waals surface area contributed by atoms with E-state index in [1.54, 1.807) is 7.05 Å². The first-order valence-corrected chi connectivity index (χ1v) is 5.55. The van der Waals surface area contributed by atoms with Gasteiger partial charge in [0.05, 0.1) is 6.54 Å². The highest BCUT2D eigenvalue weighted by atomic mass is 16.5. The molecule has 2 N–H and O–H groups in total. The van der Waals surface area contributed by atoms with Gasteiger partial charge in [0.15, 0.2) is 6.10 Å². The number of hydrogen-bond acceptors (Lipinski definition) is 5. The third-order valence-electron chi connectivity index (χ3n) is 2.80. The van der Waals surface area contributed by atoms with Gasteiger partial charge in [-0.05, 0) is 12.8 Å². The van der Waals surface area contributed by atoms with Crippen molar-refractivity contribution in [3.63, 3.8) is 0 Å². The van der Waals surface area contributed by atoms with E-state index in [2.05, 4.69) is 15.2 Å². The first kappa shape index (κ1) is 12.5. The lowest BCUT2D eigenvalue weighted by Crippen LogP contribution is -2.37. The van der Waals surface area contributed by atoms with E-state index < -0.39 is 18.2 Å². The van der Waals surface area contributed by atoms with Crippen LogP contribution in [-0.2, 0) is 20.9 Å². The van der Waals surface area contributed by atoms with E-state index >= 15 is 0 Å². The lowest BCUT2D eigenvalue weighted by Gasteiger charge is -2.19. The van der Waals surface area contributed by atoms with Crippen LogP contribution in [0.3, 0.4) is 0 Å². The number of carboxylic acid groups (broad SMARTS) is 1. The number of carbonyl (C=O) groups excluding carboxylic acids is 1. The van der Waals surface area contributed by atoms with Crippen molar-refractivity contribution in [2.75, 3.05) is 7.05 Å². The van der Waals surface area contributed by atoms with Crippen LogP contribution in [0, 0.1) is 0 Å². The molecule has 18 heavy (non-hydrogen) atoms. The molecule has 1 aliphatic heterocycles. The van der Waals surface area contributed by atoms with Crippen molar-refractivity contribution in [3.8, 4) is 0 Å². The Morgan fingerprint density at radius 3 is 2.83 bits per heavy atom. The minimum atomic E-state index is -1.02. The number of aromatic nitrogens is 3. The van der Waals surface area contributed by atoms with Crippen molar-refractivity contribution >= 4 is 11.9 Å². The SMILES string of the molecule is CN(Cc1ncn[nH]1)C(=O)C1CCC(C(=O)O)O1. The molecule has 98 valence electrons. The van der Waals surface area contributed by atoms with Crippen LogP contribution in [0.25, 0.3) is 0 Å². The van der Waals surface area contributed by atoms with Crippen LogP contribution in [-0.4, -0.2) is 56.3 Å². The summed E-state index contributed by atoms with van der Waals surface area (Å²) in [5, 5.41) is 15.1. The Labute approximate surface area is 103 Å². The number of carboxylic acids is 1. The van der Waals surface area contributed by atoms with Crippen LogP contribution < -0.4 is 0 Å². The lowest BCUT2D eigenvalue weighted by atomic mass is 10.2. The third-order valence-corrected chi connectivity index (χ3v) is 2.80. The first-order chi connectivity index (χ1) is 8.58. The molecular weight excluding hydrogens is 240 g/mol. The number of H-pyrrole nitrogens is 1. The van der Waals surface area contributed by atoms with E-state index in [9.17, 15) is 9.59 Å². The maximum Gasteiger partial charge on any atom is 0.332 e. The number of nitrogens with one attached hydrogen (secondary N) is 1. The summed E-state index contributed by atoms with van der Waals surface area (Å²) < 4.78 is 5.19. The molecule has 2 rings (SSSR count). The minimum absolute atomic E-state index is 0.241. The van der Waals surface area contributed by atoms with Crippen molar-refractivity contribution in [3.05, 3.63) is 12.2 Å². The normalized spacial score (nSPS) is 22.9. The lowest BCUT2D eigenvalue weighted by molar-refractivity contribution is -0.154. The average molecular weight is 254 g/mol. The second-order valence-corrected chi connectivity index (χ2v) is 4.16. The van der Waals surface area contributed by atoms with Crippen LogP contribution >= 0.6 is 0 Å². The largest absolute Gasteiger partial charge is 0.479 e. The predicted molar refractivity (Wildman–Crippen MR) is 58.4 cm³/mol. The predicted octanol–water partition coefficient (Wildman–Crippen LogP) is -0.605. The Balaban J connectivity index is 1.90. The van der Waals surface area contributed by atoms with Crippen molar-refractivity contribution in [2.24, 2.45) is 0 Å². The van der Waals surface area contributed by atoms with E-state index in [-0.39, 0.29) is 12.5 Å². The number of rotatable bonds is 4. The molecule has 2 heterocycles. The van der Waals surface area contributed by atoms with Gasteiger partial charge in [-0.2, -0.15) is 5.10 Å². The molecule has 1 aromatic heterocycles. The number of nitrogens with zero attached hydrogens (tertiary/aromatic N) is 3. The fraction of sp³-hybridized carbons (Fsp3) is 0.600. The van der Waals surface area contributed by atoms with Gasteiger partial charge >= 0.3 is 5.97 Å². The number of hydrogen-bond donors (Lipinski definition) is 2. The standard InChI is InChI=1S/C10H14N4O4/c1-14(4-8-11-5-12-13-8)9(15)6-2-3-7(18-6)10(16)17/h5-7H,2-4H2,1H3,(H,16,17)(H,11,12,13). The van der Waals surface area contributed by atoms with Gasteiger partial charge in [-0.15, -0.1) is 0 Å². The molecule has 1 aliphatic rings. The van der Waals surface area contributed by atoms with Crippen LogP contribution in [0.15, 0.2) is 6.33 Å². The molecule has 1 aromatic rings. The molecule has 1 amide bonds. The molecule has 0 aliphatic carbocycles. The second-order valence-electron chi connectivity index (χ2n) is 4.16. The van der Waals surface area contributed by atoms with Gasteiger partial charge in [0.2, 0.25) is 0 Å². The number of aliphatic carboxylic acids is 1. The van der Waals surface area contributed by atoms with Crippen LogP contribution in [0.1, 0.15) is 18.7 Å². The second kappa shape index (κ2) is 5.13. The fourth-order valence-corrected chi connectivity index (χ4v) is 1.86. The monoisotopic (exact) mass is 254 g/mol. The van der Waals surface area contributed by atoms with Crippen LogP contribution in [0.4, 0.5) is 0 Å². The number of amides is 1. The summed E-state index contributed by atoms with van der Waals surface area (Å²) in [7, 11) is 1.61. The number of ether oxygens (including phenoxy) is 1. The summed E-state index contributed by atoms with van der Waals surface area (Å²) >= 11 is 0. The molecule has 0 bridgehead atoms. The van der Waals surface area contributed by atoms with E-state index in [1.165, 1.54) is 11.2 Å². The van der Waals surface area contributed by atoms with Gasteiger partial charge in [0, 0.05) is 7.05 Å². The highest BCUT2D eigenvalue weighted by Gasteiger charge is 2.36. The zero-order valence-corrected chi connectivity index (χ0v) is 9.87. The maximum absolute atomic E-state index is 12.0. The van der Waals surface area contributed by atoms with Gasteiger partial charge in [0.25, 0.3) is 5.91 Å². The van der Waals surface area contributed by atoms with Gasteiger partial charge in [-0.1, -0.05) is 0 Å². The quantitative estimate of drug-likeness (QED) is 0.742. The van der Waals surface area contributed by atoms with E-state index in [0.717, 1.165) is 0 Å². The summed E-state index contributed by atoms with van der Waals surface area (Å²) in [6.07, 6.45) is 0.593. The summed E-state index contributed by atoms with van der Waals surface area (Å²) in [6.45, 7) is 0.288. The van der Waals surface area contributed by atoms with Crippen molar-refractivity contribution < 1.29 is 19.4 Å². The maximum atomic E-state index is 12.0. The molecule has 0 saturated carbocycles. The topological polar surface area (TPSA) is 108 Å². The van der Waals surface area contributed by atoms with Crippen molar-refractivity contribution in [2.45, 2.75) is 31.6 Å². The molecule has 1 fully saturated rings. The van der Waals surface area contributed by atoms with E-state index in [0.29, 0.717) is 18.7 Å². The highest BCUT2D eigenvalue weighted by Crippen LogP contribution is 2.21. The molecule has 2 unspecified atom stereocenters. The van der Waals surface area contributed by atoms with Crippen LogP contribution in [0.2, 0.25) is 0 Å². The Morgan fingerprint density at radius 1 is 1.56 bits per heavy atom. The molecule has 8 heteroatoms. The number of carbonyl (C=O) groups is 2. The highest BCUT2D eigenvalue weighted by molar-refractivity contribution is 5.82. The smallest absolute Gasteiger partial charge is 0.332 e. The first-order valence-electron chi connectivity index (χ1n) is 5.55. The molecule has 8 nitrogen and oxygen atoms in total. The summed E-state index contributed by atoms with van der Waals surface area (Å²) in [5.41, 5.74) is 0. The zero-order valence-electron chi connectivity index (χ0n) is 9.87. The number of aromatic amines is 1. The van der Waals surface area contributed by atoms with Crippen molar-refractivity contribution in [1.82, 2.24) is 20.1 Å². The Kier molecular flexibility index (Phi) is 3.56. The van der Waals surface area contributed by atoms with E-state index in [1.807, 2.05) is 0 Å². The van der Waals surface area contributed by atoms with Gasteiger partial charge < -0.3 is 14.7 Å². The number of likely N-dealkylation sites (N-methyl/N-ethyl adjacent to an activating group) is 1. The summed E-state index contributed by atoms with van der Waals surface area (Å²) in [6, 6.07) is 0. The summed E-state index contributed by atoms with van der Waals surface area (Å²) in [5.74, 6) is -0.697. The molecule has 1 saturated heterocycles. The van der Waals surface area contributed by atoms with Crippen LogP contribution in [0.5, 0.6) is 0 Å².